The molecule has 26 heavy (non-hydrogen) atoms. The molecule has 0 bridgehead atoms. The molecule has 5 nitrogen and oxygen atoms in total. The van der Waals surface area contributed by atoms with Gasteiger partial charge in [0.25, 0.3) is 0 Å². The number of aliphatic hydroxyl groups is 1. The highest BCUT2D eigenvalue weighted by molar-refractivity contribution is 7.14. The lowest BCUT2D eigenvalue weighted by Crippen LogP contribution is -2.32. The van der Waals surface area contributed by atoms with Gasteiger partial charge < -0.3 is 14.7 Å². The Labute approximate surface area is 159 Å². The second-order valence-corrected chi connectivity index (χ2v) is 7.79. The maximum absolute atomic E-state index is 12.5. The highest BCUT2D eigenvalue weighted by Crippen LogP contribution is 2.39. The SMILES string of the molecule is CCC(=O)N(CCCC(C)O)c1cc(C2C=CCCC2)sc1C(=O)OC. The van der Waals surface area contributed by atoms with Crippen molar-refractivity contribution >= 4 is 28.9 Å². The Morgan fingerprint density at radius 1 is 1.46 bits per heavy atom. The number of thiophene rings is 1. The van der Waals surface area contributed by atoms with Gasteiger partial charge in [-0.25, -0.2) is 4.79 Å². The predicted molar refractivity (Wildman–Crippen MR) is 105 cm³/mol. The summed E-state index contributed by atoms with van der Waals surface area (Å²) in [6.45, 7) is 4.04. The first-order chi connectivity index (χ1) is 12.5. The standard InChI is InChI=1S/C20H29NO4S/c1-4-18(23)21(12-8-9-14(2)22)16-13-17(15-10-6-5-7-11-15)26-19(16)20(24)25-3/h6,10,13-15,22H,4-5,7-9,11-12H2,1-3H3. The van der Waals surface area contributed by atoms with Crippen molar-refractivity contribution in [1.29, 1.82) is 0 Å². The number of ether oxygens (including phenoxy) is 1. The lowest BCUT2D eigenvalue weighted by atomic mass is 9.94. The van der Waals surface area contributed by atoms with E-state index in [4.69, 9.17) is 4.74 Å². The average Bonchev–Trinajstić information content (AvgIpc) is 3.09. The van der Waals surface area contributed by atoms with Crippen molar-refractivity contribution in [2.24, 2.45) is 0 Å². The Morgan fingerprint density at radius 3 is 2.81 bits per heavy atom. The molecule has 1 aliphatic rings. The summed E-state index contributed by atoms with van der Waals surface area (Å²) in [5, 5.41) is 9.50. The van der Waals surface area contributed by atoms with Crippen LogP contribution in [0.25, 0.3) is 0 Å². The van der Waals surface area contributed by atoms with Gasteiger partial charge in [-0.2, -0.15) is 0 Å². The van der Waals surface area contributed by atoms with Crippen LogP contribution >= 0.6 is 11.3 Å². The number of carbonyl (C=O) groups is 2. The predicted octanol–water partition coefficient (Wildman–Crippen LogP) is 4.26. The third-order valence-electron chi connectivity index (χ3n) is 4.62. The molecule has 1 amide bonds. The fraction of sp³-hybridized carbons (Fsp3) is 0.600. The zero-order valence-corrected chi connectivity index (χ0v) is 16.7. The van der Waals surface area contributed by atoms with Gasteiger partial charge in [0.2, 0.25) is 5.91 Å². The summed E-state index contributed by atoms with van der Waals surface area (Å²) in [4.78, 5) is 28.1. The summed E-state index contributed by atoms with van der Waals surface area (Å²) in [6, 6.07) is 1.98. The first-order valence-electron chi connectivity index (χ1n) is 9.35. The van der Waals surface area contributed by atoms with E-state index < -0.39 is 12.1 Å². The molecule has 1 aliphatic carbocycles. The van der Waals surface area contributed by atoms with E-state index in [-0.39, 0.29) is 5.91 Å². The van der Waals surface area contributed by atoms with Crippen LogP contribution in [0, 0.1) is 0 Å². The molecule has 2 rings (SSSR count). The van der Waals surface area contributed by atoms with Crippen LogP contribution in [-0.4, -0.2) is 36.7 Å². The number of methoxy groups -OCH3 is 1. The summed E-state index contributed by atoms with van der Waals surface area (Å²) in [5.74, 6) is -0.133. The number of aliphatic hydroxyl groups excluding tert-OH is 1. The molecule has 0 spiro atoms. The Bertz CT molecular complexity index is 650. The van der Waals surface area contributed by atoms with Gasteiger partial charge in [0.15, 0.2) is 0 Å². The van der Waals surface area contributed by atoms with E-state index in [1.165, 1.54) is 18.4 Å². The van der Waals surface area contributed by atoms with E-state index in [1.807, 2.05) is 13.0 Å². The maximum atomic E-state index is 12.5. The Kier molecular flexibility index (Phi) is 7.85. The molecule has 1 N–H and O–H groups in total. The Hall–Kier alpha value is -1.66. The largest absolute Gasteiger partial charge is 0.465 e. The van der Waals surface area contributed by atoms with Crippen molar-refractivity contribution in [3.05, 3.63) is 28.0 Å². The second-order valence-electron chi connectivity index (χ2n) is 6.71. The normalized spacial score (nSPS) is 17.8. The molecule has 0 fully saturated rings. The summed E-state index contributed by atoms with van der Waals surface area (Å²) in [6.07, 6.45) is 8.92. The molecule has 0 aromatic carbocycles. The first-order valence-corrected chi connectivity index (χ1v) is 10.2. The number of allylic oxidation sites excluding steroid dienone is 2. The third-order valence-corrected chi connectivity index (χ3v) is 5.86. The Morgan fingerprint density at radius 2 is 2.23 bits per heavy atom. The minimum absolute atomic E-state index is 0.0238. The number of carbonyl (C=O) groups excluding carboxylic acids is 2. The second kappa shape index (κ2) is 9.88. The number of esters is 1. The molecule has 0 saturated heterocycles. The van der Waals surface area contributed by atoms with Crippen LogP contribution in [0.4, 0.5) is 5.69 Å². The highest BCUT2D eigenvalue weighted by Gasteiger charge is 2.27. The summed E-state index contributed by atoms with van der Waals surface area (Å²) >= 11 is 1.43. The molecule has 6 heteroatoms. The van der Waals surface area contributed by atoms with Crippen LogP contribution in [0.15, 0.2) is 18.2 Å². The van der Waals surface area contributed by atoms with Gasteiger partial charge in [0.05, 0.1) is 18.9 Å². The van der Waals surface area contributed by atoms with Crippen LogP contribution in [0.2, 0.25) is 0 Å². The van der Waals surface area contributed by atoms with Gasteiger partial charge in [-0.3, -0.25) is 4.79 Å². The molecular weight excluding hydrogens is 350 g/mol. The maximum Gasteiger partial charge on any atom is 0.350 e. The average molecular weight is 380 g/mol. The lowest BCUT2D eigenvalue weighted by molar-refractivity contribution is -0.118. The number of rotatable bonds is 8. The summed E-state index contributed by atoms with van der Waals surface area (Å²) in [5.41, 5.74) is 0.647. The van der Waals surface area contributed by atoms with Crippen LogP contribution in [0.5, 0.6) is 0 Å². The van der Waals surface area contributed by atoms with Crippen molar-refractivity contribution in [1.82, 2.24) is 0 Å². The smallest absolute Gasteiger partial charge is 0.350 e. The molecule has 144 valence electrons. The zero-order valence-electron chi connectivity index (χ0n) is 15.9. The minimum Gasteiger partial charge on any atom is -0.465 e. The van der Waals surface area contributed by atoms with Gasteiger partial charge in [-0.05, 0) is 45.1 Å². The highest BCUT2D eigenvalue weighted by atomic mass is 32.1. The molecule has 2 unspecified atom stereocenters. The molecule has 2 atom stereocenters. The summed E-state index contributed by atoms with van der Waals surface area (Å²) < 4.78 is 4.96. The van der Waals surface area contributed by atoms with Crippen LogP contribution in [-0.2, 0) is 9.53 Å². The van der Waals surface area contributed by atoms with E-state index in [0.29, 0.717) is 42.3 Å². The molecule has 0 saturated carbocycles. The van der Waals surface area contributed by atoms with Gasteiger partial charge in [0, 0.05) is 23.8 Å². The van der Waals surface area contributed by atoms with E-state index in [1.54, 1.807) is 11.8 Å². The number of hydrogen-bond acceptors (Lipinski definition) is 5. The van der Waals surface area contributed by atoms with Crippen LogP contribution < -0.4 is 4.90 Å². The lowest BCUT2D eigenvalue weighted by Gasteiger charge is -2.22. The fourth-order valence-electron chi connectivity index (χ4n) is 3.19. The molecular formula is C20H29NO4S. The number of hydrogen-bond donors (Lipinski definition) is 1. The topological polar surface area (TPSA) is 66.8 Å². The van der Waals surface area contributed by atoms with Crippen molar-refractivity contribution in [3.63, 3.8) is 0 Å². The molecule has 1 aromatic heterocycles. The van der Waals surface area contributed by atoms with Gasteiger partial charge in [0.1, 0.15) is 4.88 Å². The first kappa shape index (κ1) is 20.6. The molecule has 0 radical (unpaired) electrons. The quantitative estimate of drug-likeness (QED) is 0.541. The van der Waals surface area contributed by atoms with E-state index >= 15 is 0 Å². The number of amides is 1. The van der Waals surface area contributed by atoms with Gasteiger partial charge >= 0.3 is 5.97 Å². The van der Waals surface area contributed by atoms with E-state index in [9.17, 15) is 14.7 Å². The van der Waals surface area contributed by atoms with Crippen molar-refractivity contribution in [2.45, 2.75) is 64.4 Å². The third kappa shape index (κ3) is 5.17. The van der Waals surface area contributed by atoms with E-state index in [0.717, 1.165) is 24.1 Å². The fourth-order valence-corrected chi connectivity index (χ4v) is 4.38. The van der Waals surface area contributed by atoms with Crippen LogP contribution in [0.1, 0.15) is 72.8 Å². The van der Waals surface area contributed by atoms with Crippen molar-refractivity contribution < 1.29 is 19.4 Å². The summed E-state index contributed by atoms with van der Waals surface area (Å²) in [7, 11) is 1.37. The number of anilines is 1. The van der Waals surface area contributed by atoms with Crippen molar-refractivity contribution in [2.75, 3.05) is 18.6 Å². The number of nitrogens with zero attached hydrogens (tertiary/aromatic N) is 1. The van der Waals surface area contributed by atoms with Gasteiger partial charge in [-0.15, -0.1) is 11.3 Å². The van der Waals surface area contributed by atoms with Crippen molar-refractivity contribution in [3.8, 4) is 0 Å². The molecule has 1 aromatic rings. The Balaban J connectivity index is 2.35. The molecule has 0 aliphatic heterocycles. The zero-order chi connectivity index (χ0) is 19.1. The van der Waals surface area contributed by atoms with E-state index in [2.05, 4.69) is 12.2 Å². The van der Waals surface area contributed by atoms with Crippen LogP contribution in [0.3, 0.4) is 0 Å². The monoisotopic (exact) mass is 379 g/mol. The minimum atomic E-state index is -0.404. The molecule has 1 heterocycles. The van der Waals surface area contributed by atoms with Gasteiger partial charge in [-0.1, -0.05) is 19.1 Å².